The minimum Gasteiger partial charge on any atom is -0.378 e. The van der Waals surface area contributed by atoms with Crippen LogP contribution in [-0.4, -0.2) is 42.4 Å². The number of aromatic nitrogens is 2. The number of halogens is 1. The third kappa shape index (κ3) is 5.21. The largest absolute Gasteiger partial charge is 0.378 e. The minimum atomic E-state index is -0.131. The van der Waals surface area contributed by atoms with E-state index in [1.54, 1.807) is 12.3 Å². The van der Waals surface area contributed by atoms with E-state index in [0.717, 1.165) is 46.9 Å². The maximum atomic E-state index is 12.4. The monoisotopic (exact) mass is 501 g/mol. The second-order valence-electron chi connectivity index (χ2n) is 6.57. The van der Waals surface area contributed by atoms with Crippen molar-refractivity contribution in [2.75, 3.05) is 41.8 Å². The fraction of sp³-hybridized carbons (Fsp3) is 0.190. The van der Waals surface area contributed by atoms with Gasteiger partial charge in [0.25, 0.3) is 5.91 Å². The molecule has 0 bridgehead atoms. The smallest absolute Gasteiger partial charge is 0.255 e. The summed E-state index contributed by atoms with van der Waals surface area (Å²) in [7, 11) is 0. The number of carbonyl (C=O) groups is 1. The second-order valence-corrected chi connectivity index (χ2v) is 7.81. The number of hydrogen-bond acceptors (Lipinski definition) is 6. The van der Waals surface area contributed by atoms with Crippen LogP contribution in [0.15, 0.2) is 60.8 Å². The molecule has 0 unspecified atom stereocenters. The highest BCUT2D eigenvalue weighted by Gasteiger charge is 2.12. The van der Waals surface area contributed by atoms with Gasteiger partial charge in [-0.05, 0) is 65.1 Å². The highest BCUT2D eigenvalue weighted by Crippen LogP contribution is 2.22. The Morgan fingerprint density at radius 3 is 2.55 bits per heavy atom. The zero-order chi connectivity index (χ0) is 20.1. The van der Waals surface area contributed by atoms with E-state index in [4.69, 9.17) is 4.74 Å². The van der Waals surface area contributed by atoms with Crippen molar-refractivity contribution in [3.63, 3.8) is 0 Å². The van der Waals surface area contributed by atoms with E-state index in [0.29, 0.717) is 11.4 Å². The molecule has 1 fully saturated rings. The molecule has 2 N–H and O–H groups in total. The summed E-state index contributed by atoms with van der Waals surface area (Å²) >= 11 is 2.19. The molecule has 2 heterocycles. The van der Waals surface area contributed by atoms with Gasteiger partial charge in [-0.15, -0.1) is 5.10 Å². The number of morpholine rings is 1. The van der Waals surface area contributed by atoms with Crippen molar-refractivity contribution in [3.05, 3.63) is 69.9 Å². The summed E-state index contributed by atoms with van der Waals surface area (Å²) in [5, 5.41) is 14.4. The molecular weight excluding hydrogens is 481 g/mol. The van der Waals surface area contributed by atoms with Gasteiger partial charge in [0.15, 0.2) is 5.82 Å². The first-order valence-corrected chi connectivity index (χ1v) is 10.3. The lowest BCUT2D eigenvalue weighted by Gasteiger charge is -2.28. The summed E-state index contributed by atoms with van der Waals surface area (Å²) < 4.78 is 6.42. The number of benzene rings is 2. The molecule has 0 atom stereocenters. The van der Waals surface area contributed by atoms with Crippen molar-refractivity contribution in [1.29, 1.82) is 0 Å². The van der Waals surface area contributed by atoms with E-state index in [1.165, 1.54) is 0 Å². The van der Waals surface area contributed by atoms with E-state index in [-0.39, 0.29) is 5.91 Å². The van der Waals surface area contributed by atoms with E-state index >= 15 is 0 Å². The summed E-state index contributed by atoms with van der Waals surface area (Å²) in [4.78, 5) is 14.6. The van der Waals surface area contributed by atoms with Crippen LogP contribution in [0.3, 0.4) is 0 Å². The van der Waals surface area contributed by atoms with Gasteiger partial charge >= 0.3 is 0 Å². The molecule has 2 aromatic carbocycles. The molecule has 7 nitrogen and oxygen atoms in total. The first kappa shape index (κ1) is 19.6. The molecule has 148 valence electrons. The molecular formula is C21H20IN5O2. The molecule has 0 spiro atoms. The molecule has 1 amide bonds. The number of nitrogens with one attached hydrogen (secondary N) is 2. The van der Waals surface area contributed by atoms with Crippen LogP contribution in [0.2, 0.25) is 0 Å². The Bertz CT molecular complexity index is 990. The van der Waals surface area contributed by atoms with E-state index in [1.807, 2.05) is 48.5 Å². The van der Waals surface area contributed by atoms with Gasteiger partial charge in [-0.3, -0.25) is 4.79 Å². The van der Waals surface area contributed by atoms with Crippen LogP contribution < -0.4 is 15.5 Å². The Hall–Kier alpha value is -2.72. The first-order valence-electron chi connectivity index (χ1n) is 9.27. The lowest BCUT2D eigenvalue weighted by molar-refractivity contribution is 0.102. The van der Waals surface area contributed by atoms with Crippen LogP contribution in [0.1, 0.15) is 10.4 Å². The quantitative estimate of drug-likeness (QED) is 0.517. The maximum Gasteiger partial charge on any atom is 0.255 e. The highest BCUT2D eigenvalue weighted by molar-refractivity contribution is 14.1. The van der Waals surface area contributed by atoms with Crippen LogP contribution in [0.5, 0.6) is 0 Å². The van der Waals surface area contributed by atoms with Crippen LogP contribution in [-0.2, 0) is 4.74 Å². The lowest BCUT2D eigenvalue weighted by atomic mass is 10.2. The molecule has 1 aliphatic rings. The van der Waals surface area contributed by atoms with Gasteiger partial charge in [-0.25, -0.2) is 0 Å². The third-order valence-corrected chi connectivity index (χ3v) is 5.19. The van der Waals surface area contributed by atoms with Crippen molar-refractivity contribution in [1.82, 2.24) is 10.2 Å². The van der Waals surface area contributed by atoms with Gasteiger partial charge in [-0.1, -0.05) is 6.07 Å². The molecule has 1 aromatic heterocycles. The number of rotatable bonds is 5. The van der Waals surface area contributed by atoms with Crippen LogP contribution in [0, 0.1) is 3.57 Å². The predicted molar refractivity (Wildman–Crippen MR) is 122 cm³/mol. The average Bonchev–Trinajstić information content (AvgIpc) is 2.76. The molecule has 0 aliphatic carbocycles. The fourth-order valence-corrected chi connectivity index (χ4v) is 3.57. The van der Waals surface area contributed by atoms with Crippen molar-refractivity contribution in [2.24, 2.45) is 0 Å². The zero-order valence-electron chi connectivity index (χ0n) is 15.6. The third-order valence-electron chi connectivity index (χ3n) is 4.52. The van der Waals surface area contributed by atoms with Crippen molar-refractivity contribution >= 4 is 51.4 Å². The summed E-state index contributed by atoms with van der Waals surface area (Å²) in [6.45, 7) is 3.14. The average molecular weight is 501 g/mol. The second kappa shape index (κ2) is 9.19. The SMILES string of the molecule is O=C(Nc1ccc(Nc2cc(N3CCOCC3)cnn2)cc1)c1cccc(I)c1. The molecule has 3 aromatic rings. The Balaban J connectivity index is 1.40. The number of carbonyl (C=O) groups excluding carboxylic acids is 1. The highest BCUT2D eigenvalue weighted by atomic mass is 127. The molecule has 0 radical (unpaired) electrons. The first-order chi connectivity index (χ1) is 14.2. The van der Waals surface area contributed by atoms with Crippen LogP contribution in [0.4, 0.5) is 22.9 Å². The predicted octanol–water partition coefficient (Wildman–Crippen LogP) is 3.91. The van der Waals surface area contributed by atoms with Crippen molar-refractivity contribution < 1.29 is 9.53 Å². The van der Waals surface area contributed by atoms with Gasteiger partial charge in [0.05, 0.1) is 25.1 Å². The molecule has 1 saturated heterocycles. The zero-order valence-corrected chi connectivity index (χ0v) is 17.8. The van der Waals surface area contributed by atoms with E-state index in [2.05, 4.69) is 48.3 Å². The molecule has 29 heavy (non-hydrogen) atoms. The number of nitrogens with zero attached hydrogens (tertiary/aromatic N) is 3. The summed E-state index contributed by atoms with van der Waals surface area (Å²) in [6, 6.07) is 17.0. The number of hydrogen-bond donors (Lipinski definition) is 2. The van der Waals surface area contributed by atoms with Crippen molar-refractivity contribution in [2.45, 2.75) is 0 Å². The molecule has 4 rings (SSSR count). The Morgan fingerprint density at radius 1 is 1.03 bits per heavy atom. The summed E-state index contributed by atoms with van der Waals surface area (Å²) in [5.74, 6) is 0.540. The van der Waals surface area contributed by atoms with E-state index in [9.17, 15) is 4.79 Å². The lowest BCUT2D eigenvalue weighted by Crippen LogP contribution is -2.36. The number of amides is 1. The van der Waals surface area contributed by atoms with Crippen LogP contribution in [0.25, 0.3) is 0 Å². The Morgan fingerprint density at radius 2 is 1.79 bits per heavy atom. The Labute approximate surface area is 182 Å². The van der Waals surface area contributed by atoms with Gasteiger partial charge in [0, 0.05) is 39.7 Å². The number of ether oxygens (including phenoxy) is 1. The fourth-order valence-electron chi connectivity index (χ4n) is 3.03. The molecule has 0 saturated carbocycles. The molecule has 1 aliphatic heterocycles. The van der Waals surface area contributed by atoms with Gasteiger partial charge < -0.3 is 20.3 Å². The standard InChI is InChI=1S/C21H20IN5O2/c22-16-3-1-2-15(12-16)21(28)25-18-6-4-17(5-7-18)24-20-13-19(14-23-26-20)27-8-10-29-11-9-27/h1-7,12-14H,8-11H2,(H,24,26)(H,25,28). The minimum absolute atomic E-state index is 0.131. The summed E-state index contributed by atoms with van der Waals surface area (Å²) in [5.41, 5.74) is 3.25. The topological polar surface area (TPSA) is 79.4 Å². The maximum absolute atomic E-state index is 12.4. The molecule has 8 heteroatoms. The Kier molecular flexibility index (Phi) is 6.20. The normalized spacial score (nSPS) is 13.8. The van der Waals surface area contributed by atoms with Gasteiger partial charge in [-0.2, -0.15) is 5.10 Å². The van der Waals surface area contributed by atoms with Crippen molar-refractivity contribution in [3.8, 4) is 0 Å². The number of anilines is 4. The van der Waals surface area contributed by atoms with Gasteiger partial charge in [0.2, 0.25) is 0 Å². The summed E-state index contributed by atoms with van der Waals surface area (Å²) in [6.07, 6.45) is 1.76. The van der Waals surface area contributed by atoms with Crippen LogP contribution >= 0.6 is 22.6 Å². The van der Waals surface area contributed by atoms with Gasteiger partial charge in [0.1, 0.15) is 0 Å². The van der Waals surface area contributed by atoms with E-state index < -0.39 is 0 Å².